The number of carboxylic acids is 1. The molecular formula is C27H25ClN2O2. The third kappa shape index (κ3) is 4.42. The number of H-pyrrole nitrogens is 1. The lowest BCUT2D eigenvalue weighted by atomic mass is 9.77. The first-order valence-electron chi connectivity index (χ1n) is 11.1. The number of nitrogens with one attached hydrogen (secondary N) is 1. The molecule has 1 aromatic heterocycles. The minimum absolute atomic E-state index is 0.309. The number of fused-ring (bicyclic) bond motifs is 1. The first-order chi connectivity index (χ1) is 15.5. The summed E-state index contributed by atoms with van der Waals surface area (Å²) >= 11 is 6.08. The average molecular weight is 445 g/mol. The lowest BCUT2D eigenvalue weighted by molar-refractivity contribution is -0.138. The molecule has 0 saturated heterocycles. The lowest BCUT2D eigenvalue weighted by Gasteiger charge is -2.28. The molecule has 3 aromatic carbocycles. The van der Waals surface area contributed by atoms with E-state index in [2.05, 4.69) is 58.5 Å². The fourth-order valence-electron chi connectivity index (χ4n) is 4.83. The largest absolute Gasteiger partial charge is 0.481 e. The number of imidazole rings is 1. The Kier molecular flexibility index (Phi) is 5.71. The van der Waals surface area contributed by atoms with E-state index >= 15 is 0 Å². The van der Waals surface area contributed by atoms with Crippen LogP contribution in [-0.2, 0) is 4.79 Å². The number of aromatic amines is 1. The van der Waals surface area contributed by atoms with Crippen LogP contribution in [0.3, 0.4) is 0 Å². The van der Waals surface area contributed by atoms with Crippen molar-refractivity contribution in [1.82, 2.24) is 9.97 Å². The highest BCUT2D eigenvalue weighted by atomic mass is 35.5. The molecule has 0 bridgehead atoms. The molecule has 5 rings (SSSR count). The highest BCUT2D eigenvalue weighted by molar-refractivity contribution is 6.31. The van der Waals surface area contributed by atoms with Gasteiger partial charge in [0.25, 0.3) is 0 Å². The molecule has 1 heterocycles. The molecule has 5 heteroatoms. The Labute approximate surface area is 192 Å². The average Bonchev–Trinajstić information content (AvgIpc) is 3.23. The summed E-state index contributed by atoms with van der Waals surface area (Å²) in [6.45, 7) is 0. The molecule has 4 nitrogen and oxygen atoms in total. The maximum Gasteiger partial charge on any atom is 0.303 e. The van der Waals surface area contributed by atoms with Gasteiger partial charge in [0.15, 0.2) is 0 Å². The van der Waals surface area contributed by atoms with Crippen LogP contribution in [-0.4, -0.2) is 21.0 Å². The van der Waals surface area contributed by atoms with Crippen LogP contribution in [0.4, 0.5) is 0 Å². The van der Waals surface area contributed by atoms with Crippen LogP contribution in [0.25, 0.3) is 33.5 Å². The molecule has 4 aromatic rings. The maximum atomic E-state index is 10.9. The maximum absolute atomic E-state index is 10.9. The van der Waals surface area contributed by atoms with Gasteiger partial charge in [0.1, 0.15) is 5.82 Å². The Morgan fingerprint density at radius 1 is 0.906 bits per heavy atom. The number of carbonyl (C=O) groups is 1. The van der Waals surface area contributed by atoms with Crippen LogP contribution in [0.5, 0.6) is 0 Å². The quantitative estimate of drug-likeness (QED) is 0.339. The summed E-state index contributed by atoms with van der Waals surface area (Å²) in [5.74, 6) is 1.04. The van der Waals surface area contributed by atoms with Gasteiger partial charge < -0.3 is 10.1 Å². The SMILES string of the molecule is O=C(O)CC1CCC(c2ccc(-c3ccc(-c4nc5ccc(Cl)cc5[nH]4)cc3)cc2)CC1. The Morgan fingerprint density at radius 2 is 1.53 bits per heavy atom. The van der Waals surface area contributed by atoms with Gasteiger partial charge in [-0.15, -0.1) is 0 Å². The Hall–Kier alpha value is -3.11. The predicted octanol–water partition coefficient (Wildman–Crippen LogP) is 7.30. The summed E-state index contributed by atoms with van der Waals surface area (Å²) in [4.78, 5) is 18.9. The highest BCUT2D eigenvalue weighted by Crippen LogP contribution is 2.37. The van der Waals surface area contributed by atoms with E-state index in [0.717, 1.165) is 48.1 Å². The molecule has 162 valence electrons. The molecule has 1 aliphatic carbocycles. The number of rotatable bonds is 5. The number of carboxylic acid groups (broad SMARTS) is 1. The highest BCUT2D eigenvalue weighted by Gasteiger charge is 2.23. The molecule has 0 unspecified atom stereocenters. The smallest absolute Gasteiger partial charge is 0.303 e. The van der Waals surface area contributed by atoms with Gasteiger partial charge in [-0.25, -0.2) is 4.98 Å². The number of nitrogens with zero attached hydrogens (tertiary/aromatic N) is 1. The summed E-state index contributed by atoms with van der Waals surface area (Å²) in [5.41, 5.74) is 6.60. The second-order valence-corrected chi connectivity index (χ2v) is 9.20. The van der Waals surface area contributed by atoms with E-state index in [4.69, 9.17) is 16.7 Å². The zero-order valence-electron chi connectivity index (χ0n) is 17.7. The van der Waals surface area contributed by atoms with Crippen molar-refractivity contribution >= 4 is 28.6 Å². The van der Waals surface area contributed by atoms with Crippen LogP contribution in [0, 0.1) is 5.92 Å². The van der Waals surface area contributed by atoms with Gasteiger partial charge in [0, 0.05) is 17.0 Å². The fraction of sp³-hybridized carbons (Fsp3) is 0.259. The van der Waals surface area contributed by atoms with Crippen molar-refractivity contribution in [2.75, 3.05) is 0 Å². The number of hydrogen-bond donors (Lipinski definition) is 2. The molecule has 0 spiro atoms. The van der Waals surface area contributed by atoms with Crippen LogP contribution in [0.15, 0.2) is 66.7 Å². The van der Waals surface area contributed by atoms with E-state index in [0.29, 0.717) is 23.3 Å². The first kappa shape index (κ1) is 20.8. The molecular weight excluding hydrogens is 420 g/mol. The molecule has 0 amide bonds. The predicted molar refractivity (Wildman–Crippen MR) is 129 cm³/mol. The van der Waals surface area contributed by atoms with Crippen LogP contribution in [0.1, 0.15) is 43.6 Å². The summed E-state index contributed by atoms with van der Waals surface area (Å²) in [6.07, 6.45) is 4.48. The zero-order chi connectivity index (χ0) is 22.1. The number of aromatic nitrogens is 2. The summed E-state index contributed by atoms with van der Waals surface area (Å²) < 4.78 is 0. The van der Waals surface area contributed by atoms with Crippen molar-refractivity contribution in [3.05, 3.63) is 77.3 Å². The molecule has 1 aliphatic rings. The summed E-state index contributed by atoms with van der Waals surface area (Å²) in [6, 6.07) is 22.9. The lowest BCUT2D eigenvalue weighted by Crippen LogP contribution is -2.16. The van der Waals surface area contributed by atoms with Gasteiger partial charge >= 0.3 is 5.97 Å². The molecule has 0 atom stereocenters. The summed E-state index contributed by atoms with van der Waals surface area (Å²) in [7, 11) is 0. The molecule has 0 aliphatic heterocycles. The molecule has 0 radical (unpaired) electrons. The van der Waals surface area contributed by atoms with E-state index < -0.39 is 5.97 Å². The van der Waals surface area contributed by atoms with Crippen molar-refractivity contribution in [3.8, 4) is 22.5 Å². The fourth-order valence-corrected chi connectivity index (χ4v) is 5.01. The molecule has 1 fully saturated rings. The minimum Gasteiger partial charge on any atom is -0.481 e. The molecule has 32 heavy (non-hydrogen) atoms. The van der Waals surface area contributed by atoms with Crippen molar-refractivity contribution in [2.24, 2.45) is 5.92 Å². The number of aliphatic carboxylic acids is 1. The van der Waals surface area contributed by atoms with Gasteiger partial charge in [0.05, 0.1) is 11.0 Å². The third-order valence-electron chi connectivity index (χ3n) is 6.63. The first-order valence-corrected chi connectivity index (χ1v) is 11.5. The van der Waals surface area contributed by atoms with E-state index in [1.54, 1.807) is 0 Å². The van der Waals surface area contributed by atoms with Gasteiger partial charge in [-0.05, 0) is 72.4 Å². The van der Waals surface area contributed by atoms with Gasteiger partial charge in [0.2, 0.25) is 0 Å². The number of halogens is 1. The number of hydrogen-bond acceptors (Lipinski definition) is 2. The van der Waals surface area contributed by atoms with Crippen LogP contribution < -0.4 is 0 Å². The van der Waals surface area contributed by atoms with Crippen molar-refractivity contribution in [1.29, 1.82) is 0 Å². The third-order valence-corrected chi connectivity index (χ3v) is 6.86. The minimum atomic E-state index is -0.673. The second kappa shape index (κ2) is 8.79. The number of benzene rings is 3. The van der Waals surface area contributed by atoms with Gasteiger partial charge in [-0.1, -0.05) is 60.1 Å². The van der Waals surface area contributed by atoms with E-state index in [9.17, 15) is 4.79 Å². The normalized spacial score (nSPS) is 18.7. The monoisotopic (exact) mass is 444 g/mol. The standard InChI is InChI=1S/C27H25ClN2O2/c28-23-13-14-24-25(16-23)30-27(29-24)22-11-9-21(10-12-22)20-7-5-19(6-8-20)18-3-1-17(2-4-18)15-26(31)32/h5-14,16-18H,1-4,15H2,(H,29,30)(H,31,32). The van der Waals surface area contributed by atoms with Crippen molar-refractivity contribution < 1.29 is 9.90 Å². The Bertz CT molecular complexity index is 1240. The Morgan fingerprint density at radius 3 is 2.19 bits per heavy atom. The molecule has 2 N–H and O–H groups in total. The molecule has 1 saturated carbocycles. The van der Waals surface area contributed by atoms with E-state index in [1.807, 2.05) is 18.2 Å². The van der Waals surface area contributed by atoms with Crippen LogP contribution >= 0.6 is 11.6 Å². The topological polar surface area (TPSA) is 66.0 Å². The van der Waals surface area contributed by atoms with Gasteiger partial charge in [-0.2, -0.15) is 0 Å². The van der Waals surface area contributed by atoms with Crippen molar-refractivity contribution in [2.45, 2.75) is 38.0 Å². The summed E-state index contributed by atoms with van der Waals surface area (Å²) in [5, 5.41) is 9.70. The Balaban J connectivity index is 1.27. The zero-order valence-corrected chi connectivity index (χ0v) is 18.5. The van der Waals surface area contributed by atoms with Gasteiger partial charge in [-0.3, -0.25) is 4.79 Å². The van der Waals surface area contributed by atoms with E-state index in [1.165, 1.54) is 16.7 Å². The van der Waals surface area contributed by atoms with Crippen molar-refractivity contribution in [3.63, 3.8) is 0 Å². The second-order valence-electron chi connectivity index (χ2n) is 8.76. The van der Waals surface area contributed by atoms with Crippen LogP contribution in [0.2, 0.25) is 5.02 Å². The van der Waals surface area contributed by atoms with E-state index in [-0.39, 0.29) is 0 Å².